The molecule has 0 unspecified atom stereocenters. The van der Waals surface area contributed by atoms with Gasteiger partial charge in [0.15, 0.2) is 15.6 Å². The SMILES string of the molecule is CN(C)c1nc2ncc(Cl)nc2s1. The van der Waals surface area contributed by atoms with E-state index in [0.717, 1.165) is 9.96 Å². The van der Waals surface area contributed by atoms with Gasteiger partial charge in [-0.05, 0) is 0 Å². The molecule has 0 saturated heterocycles. The summed E-state index contributed by atoms with van der Waals surface area (Å²) < 4.78 is 0. The van der Waals surface area contributed by atoms with Gasteiger partial charge in [0.25, 0.3) is 0 Å². The van der Waals surface area contributed by atoms with Crippen molar-refractivity contribution < 1.29 is 0 Å². The first-order valence-corrected chi connectivity index (χ1v) is 4.82. The van der Waals surface area contributed by atoms with Crippen LogP contribution in [0.15, 0.2) is 6.20 Å². The maximum Gasteiger partial charge on any atom is 0.191 e. The molecule has 0 radical (unpaired) electrons. The molecule has 0 aliphatic heterocycles. The van der Waals surface area contributed by atoms with E-state index < -0.39 is 0 Å². The molecule has 0 amide bonds. The average molecular weight is 215 g/mol. The molecule has 2 heterocycles. The molecule has 0 aliphatic rings. The van der Waals surface area contributed by atoms with Gasteiger partial charge >= 0.3 is 0 Å². The molecule has 0 atom stereocenters. The Morgan fingerprint density at radius 3 is 2.85 bits per heavy atom. The van der Waals surface area contributed by atoms with E-state index in [4.69, 9.17) is 11.6 Å². The second-order valence-corrected chi connectivity index (χ2v) is 4.06. The smallest absolute Gasteiger partial charge is 0.191 e. The monoisotopic (exact) mass is 214 g/mol. The van der Waals surface area contributed by atoms with Crippen LogP contribution in [0, 0.1) is 0 Å². The van der Waals surface area contributed by atoms with Gasteiger partial charge in [0.2, 0.25) is 0 Å². The van der Waals surface area contributed by atoms with Crippen molar-refractivity contribution in [2.24, 2.45) is 0 Å². The molecular formula is C7H7ClN4S. The maximum absolute atomic E-state index is 5.70. The third-order valence-electron chi connectivity index (χ3n) is 1.47. The number of hydrogen-bond acceptors (Lipinski definition) is 5. The molecular weight excluding hydrogens is 208 g/mol. The molecule has 13 heavy (non-hydrogen) atoms. The Bertz CT molecular complexity index is 439. The third kappa shape index (κ3) is 1.57. The van der Waals surface area contributed by atoms with Crippen molar-refractivity contribution in [3.05, 3.63) is 11.3 Å². The molecule has 0 saturated carbocycles. The van der Waals surface area contributed by atoms with Gasteiger partial charge < -0.3 is 4.90 Å². The molecule has 4 nitrogen and oxygen atoms in total. The van der Waals surface area contributed by atoms with Gasteiger partial charge in [0.1, 0.15) is 5.15 Å². The maximum atomic E-state index is 5.70. The third-order valence-corrected chi connectivity index (χ3v) is 2.75. The van der Waals surface area contributed by atoms with E-state index in [1.807, 2.05) is 19.0 Å². The lowest BCUT2D eigenvalue weighted by molar-refractivity contribution is 1.11. The first-order valence-electron chi connectivity index (χ1n) is 3.63. The highest BCUT2D eigenvalue weighted by Crippen LogP contribution is 2.25. The minimum Gasteiger partial charge on any atom is -0.354 e. The highest BCUT2D eigenvalue weighted by Gasteiger charge is 2.07. The van der Waals surface area contributed by atoms with Gasteiger partial charge in [-0.15, -0.1) is 0 Å². The van der Waals surface area contributed by atoms with Gasteiger partial charge in [-0.25, -0.2) is 9.97 Å². The first kappa shape index (κ1) is 8.65. The molecule has 6 heteroatoms. The zero-order valence-corrected chi connectivity index (χ0v) is 8.72. The summed E-state index contributed by atoms with van der Waals surface area (Å²) in [5.41, 5.74) is 0.651. The van der Waals surface area contributed by atoms with Gasteiger partial charge in [-0.3, -0.25) is 0 Å². The molecule has 0 N–H and O–H groups in total. The summed E-state index contributed by atoms with van der Waals surface area (Å²) in [5, 5.41) is 1.29. The number of nitrogens with zero attached hydrogens (tertiary/aromatic N) is 4. The predicted molar refractivity (Wildman–Crippen MR) is 54.5 cm³/mol. The summed E-state index contributed by atoms with van der Waals surface area (Å²) in [5.74, 6) is 0. The van der Waals surface area contributed by atoms with E-state index in [2.05, 4.69) is 15.0 Å². The number of rotatable bonds is 1. The zero-order chi connectivity index (χ0) is 9.42. The van der Waals surface area contributed by atoms with Crippen molar-refractivity contribution in [3.8, 4) is 0 Å². The molecule has 0 spiro atoms. The van der Waals surface area contributed by atoms with E-state index in [0.29, 0.717) is 10.8 Å². The largest absolute Gasteiger partial charge is 0.354 e. The second-order valence-electron chi connectivity index (χ2n) is 2.71. The zero-order valence-electron chi connectivity index (χ0n) is 7.15. The molecule has 2 aromatic rings. The van der Waals surface area contributed by atoms with Gasteiger partial charge in [0.05, 0.1) is 6.20 Å². The average Bonchev–Trinajstić information content (AvgIpc) is 2.46. The van der Waals surface area contributed by atoms with E-state index in [-0.39, 0.29) is 0 Å². The summed E-state index contributed by atoms with van der Waals surface area (Å²) in [7, 11) is 3.86. The van der Waals surface area contributed by atoms with Crippen LogP contribution in [0.1, 0.15) is 0 Å². The van der Waals surface area contributed by atoms with Crippen LogP contribution >= 0.6 is 22.9 Å². The first-order chi connectivity index (χ1) is 6.16. The summed E-state index contributed by atoms with van der Waals surface area (Å²) in [6.45, 7) is 0. The Hall–Kier alpha value is -0.940. The van der Waals surface area contributed by atoms with Crippen molar-refractivity contribution in [3.63, 3.8) is 0 Å². The van der Waals surface area contributed by atoms with Crippen LogP contribution in [0.5, 0.6) is 0 Å². The van der Waals surface area contributed by atoms with Crippen LogP contribution in [-0.2, 0) is 0 Å². The summed E-state index contributed by atoms with van der Waals surface area (Å²) in [6, 6.07) is 0. The summed E-state index contributed by atoms with van der Waals surface area (Å²) in [4.78, 5) is 15.1. The molecule has 0 aliphatic carbocycles. The molecule has 2 aromatic heterocycles. The summed E-state index contributed by atoms with van der Waals surface area (Å²) in [6.07, 6.45) is 1.50. The second kappa shape index (κ2) is 3.08. The lowest BCUT2D eigenvalue weighted by Crippen LogP contribution is -2.07. The molecule has 68 valence electrons. The lowest BCUT2D eigenvalue weighted by atomic mass is 10.7. The van der Waals surface area contributed by atoms with Crippen molar-refractivity contribution in [2.75, 3.05) is 19.0 Å². The fraction of sp³-hybridized carbons (Fsp3) is 0.286. The number of thiazole rings is 1. The molecule has 0 aromatic carbocycles. The van der Waals surface area contributed by atoms with Gasteiger partial charge in [-0.2, -0.15) is 4.98 Å². The fourth-order valence-corrected chi connectivity index (χ4v) is 1.89. The van der Waals surface area contributed by atoms with E-state index >= 15 is 0 Å². The number of anilines is 1. The van der Waals surface area contributed by atoms with E-state index in [9.17, 15) is 0 Å². The number of hydrogen-bond donors (Lipinski definition) is 0. The van der Waals surface area contributed by atoms with Crippen molar-refractivity contribution in [1.29, 1.82) is 0 Å². The van der Waals surface area contributed by atoms with Gasteiger partial charge in [0, 0.05) is 14.1 Å². The molecule has 2 rings (SSSR count). The molecule has 0 fully saturated rings. The highest BCUT2D eigenvalue weighted by molar-refractivity contribution is 7.21. The normalized spacial score (nSPS) is 10.7. The highest BCUT2D eigenvalue weighted by atomic mass is 35.5. The van der Waals surface area contributed by atoms with Crippen LogP contribution in [-0.4, -0.2) is 29.0 Å². The fourth-order valence-electron chi connectivity index (χ4n) is 0.882. The number of aromatic nitrogens is 3. The Kier molecular flexibility index (Phi) is 2.05. The van der Waals surface area contributed by atoms with E-state index in [1.54, 1.807) is 0 Å². The van der Waals surface area contributed by atoms with Crippen molar-refractivity contribution >= 4 is 38.5 Å². The molecule has 0 bridgehead atoms. The Morgan fingerprint density at radius 2 is 2.15 bits per heavy atom. The van der Waals surface area contributed by atoms with Crippen LogP contribution in [0.25, 0.3) is 10.5 Å². The Balaban J connectivity index is 2.62. The predicted octanol–water partition coefficient (Wildman–Crippen LogP) is 1.81. The standard InChI is InChI=1S/C7H7ClN4S/c1-12(2)7-11-5-6(13-7)10-4(8)3-9-5/h3H,1-2H3. The van der Waals surface area contributed by atoms with Crippen LogP contribution in [0.2, 0.25) is 5.15 Å². The Morgan fingerprint density at radius 1 is 1.38 bits per heavy atom. The van der Waals surface area contributed by atoms with Crippen molar-refractivity contribution in [2.45, 2.75) is 0 Å². The van der Waals surface area contributed by atoms with Crippen LogP contribution < -0.4 is 4.90 Å². The lowest BCUT2D eigenvalue weighted by Gasteiger charge is -2.04. The van der Waals surface area contributed by atoms with Crippen LogP contribution in [0.3, 0.4) is 0 Å². The number of fused-ring (bicyclic) bond motifs is 1. The van der Waals surface area contributed by atoms with Crippen LogP contribution in [0.4, 0.5) is 5.13 Å². The van der Waals surface area contributed by atoms with Gasteiger partial charge in [-0.1, -0.05) is 22.9 Å². The van der Waals surface area contributed by atoms with E-state index in [1.165, 1.54) is 17.5 Å². The quantitative estimate of drug-likeness (QED) is 0.726. The number of halogens is 1. The summed E-state index contributed by atoms with van der Waals surface area (Å²) >= 11 is 7.18. The minimum absolute atomic E-state index is 0.404. The Labute approximate surface area is 84.2 Å². The minimum atomic E-state index is 0.404. The topological polar surface area (TPSA) is 41.9 Å². The van der Waals surface area contributed by atoms with Crippen molar-refractivity contribution in [1.82, 2.24) is 15.0 Å².